The van der Waals surface area contributed by atoms with Crippen LogP contribution in [-0.2, 0) is 18.9 Å². The van der Waals surface area contributed by atoms with Crippen molar-refractivity contribution in [3.8, 4) is 0 Å². The van der Waals surface area contributed by atoms with Crippen molar-refractivity contribution in [2.75, 3.05) is 19.0 Å². The van der Waals surface area contributed by atoms with Gasteiger partial charge in [-0.25, -0.2) is 4.79 Å². The Balaban J connectivity index is 1.75. The molecule has 0 amide bonds. The molecule has 0 N–H and O–H groups in total. The average Bonchev–Trinajstić information content (AvgIpc) is 3.05. The Morgan fingerprint density at radius 2 is 2.17 bits per heavy atom. The van der Waals surface area contributed by atoms with Gasteiger partial charge >= 0.3 is 5.97 Å². The molecule has 2 heterocycles. The maximum atomic E-state index is 12.4. The van der Waals surface area contributed by atoms with E-state index in [4.69, 9.17) is 18.9 Å². The van der Waals surface area contributed by atoms with E-state index in [1.54, 1.807) is 19.2 Å². The topological polar surface area (TPSA) is 54.0 Å². The summed E-state index contributed by atoms with van der Waals surface area (Å²) in [6, 6.07) is 8.99. The molecule has 0 radical (unpaired) electrons. The quantitative estimate of drug-likeness (QED) is 0.589. The first-order valence-corrected chi connectivity index (χ1v) is 8.95. The van der Waals surface area contributed by atoms with Gasteiger partial charge in [-0.1, -0.05) is 34.1 Å². The third kappa shape index (κ3) is 3.45. The molecule has 1 aromatic carbocycles. The van der Waals surface area contributed by atoms with E-state index in [2.05, 4.69) is 15.9 Å². The SMILES string of the molecule is CO[C@H]1O[C@H](CBr)[C@@H](OC(=O)c2ccccc2)C[C@]12CCCO2. The molecule has 126 valence electrons. The Morgan fingerprint density at radius 1 is 1.39 bits per heavy atom. The van der Waals surface area contributed by atoms with Gasteiger partial charge in [0.1, 0.15) is 17.8 Å². The number of carbonyl (C=O) groups excluding carboxylic acids is 1. The fourth-order valence-electron chi connectivity index (χ4n) is 3.31. The standard InChI is InChI=1S/C17H21BrO5/c1-20-16-17(8-5-9-21-17)10-13(14(11-18)23-16)22-15(19)12-6-3-2-4-7-12/h2-4,6-7,13-14,16H,5,8-11H2,1H3/t13-,14+,16-,17+/m0/s1. The van der Waals surface area contributed by atoms with Gasteiger partial charge in [0.2, 0.25) is 0 Å². The third-order valence-electron chi connectivity index (χ3n) is 4.46. The van der Waals surface area contributed by atoms with Crippen LogP contribution in [0.15, 0.2) is 30.3 Å². The first-order valence-electron chi connectivity index (χ1n) is 7.83. The van der Waals surface area contributed by atoms with E-state index >= 15 is 0 Å². The second-order valence-corrected chi connectivity index (χ2v) is 6.57. The number of hydrogen-bond acceptors (Lipinski definition) is 5. The lowest BCUT2D eigenvalue weighted by atomic mass is 9.87. The second kappa shape index (κ2) is 7.30. The number of rotatable bonds is 4. The third-order valence-corrected chi connectivity index (χ3v) is 5.10. The smallest absolute Gasteiger partial charge is 0.338 e. The van der Waals surface area contributed by atoms with Gasteiger partial charge in [-0.15, -0.1) is 0 Å². The second-order valence-electron chi connectivity index (χ2n) is 5.93. The minimum Gasteiger partial charge on any atom is -0.456 e. The molecule has 2 aliphatic heterocycles. The molecular weight excluding hydrogens is 364 g/mol. The Morgan fingerprint density at radius 3 is 2.78 bits per heavy atom. The molecule has 2 fully saturated rings. The molecule has 6 heteroatoms. The number of ether oxygens (including phenoxy) is 4. The van der Waals surface area contributed by atoms with Crippen LogP contribution >= 0.6 is 15.9 Å². The van der Waals surface area contributed by atoms with Crippen molar-refractivity contribution in [2.45, 2.75) is 43.4 Å². The summed E-state index contributed by atoms with van der Waals surface area (Å²) in [5.74, 6) is -0.339. The summed E-state index contributed by atoms with van der Waals surface area (Å²) < 4.78 is 23.2. The number of alkyl halides is 1. The largest absolute Gasteiger partial charge is 0.456 e. The van der Waals surface area contributed by atoms with E-state index in [-0.39, 0.29) is 18.2 Å². The van der Waals surface area contributed by atoms with E-state index in [1.807, 2.05) is 18.2 Å². The number of esters is 1. The predicted molar refractivity (Wildman–Crippen MR) is 87.6 cm³/mol. The van der Waals surface area contributed by atoms with Crippen LogP contribution in [0, 0.1) is 0 Å². The molecule has 2 saturated heterocycles. The molecule has 0 saturated carbocycles. The van der Waals surface area contributed by atoms with Crippen LogP contribution in [0.4, 0.5) is 0 Å². The Bertz CT molecular complexity index is 529. The molecule has 5 nitrogen and oxygen atoms in total. The van der Waals surface area contributed by atoms with Gasteiger partial charge in [-0.05, 0) is 25.0 Å². The summed E-state index contributed by atoms with van der Waals surface area (Å²) in [6.07, 6.45) is 1.33. The Kier molecular flexibility index (Phi) is 5.36. The lowest BCUT2D eigenvalue weighted by Gasteiger charge is -2.45. The molecule has 2 aliphatic rings. The van der Waals surface area contributed by atoms with E-state index < -0.39 is 11.9 Å². The number of hydrogen-bond donors (Lipinski definition) is 0. The van der Waals surface area contributed by atoms with Gasteiger partial charge in [0.15, 0.2) is 6.29 Å². The summed E-state index contributed by atoms with van der Waals surface area (Å²) in [4.78, 5) is 12.4. The highest BCUT2D eigenvalue weighted by atomic mass is 79.9. The van der Waals surface area contributed by atoms with E-state index in [1.165, 1.54) is 0 Å². The van der Waals surface area contributed by atoms with Crippen LogP contribution in [-0.4, -0.2) is 49.1 Å². The highest BCUT2D eigenvalue weighted by molar-refractivity contribution is 9.09. The van der Waals surface area contributed by atoms with Crippen molar-refractivity contribution >= 4 is 21.9 Å². The molecule has 4 atom stereocenters. The molecule has 1 aromatic rings. The minimum atomic E-state index is -0.519. The number of benzene rings is 1. The van der Waals surface area contributed by atoms with E-state index in [0.29, 0.717) is 23.9 Å². The normalized spacial score (nSPS) is 33.7. The first kappa shape index (κ1) is 16.9. The average molecular weight is 385 g/mol. The number of methoxy groups -OCH3 is 1. The highest BCUT2D eigenvalue weighted by Gasteiger charge is 2.53. The van der Waals surface area contributed by atoms with Gasteiger partial charge in [0, 0.05) is 25.5 Å². The van der Waals surface area contributed by atoms with E-state index in [9.17, 15) is 4.79 Å². The molecule has 0 unspecified atom stereocenters. The molecular formula is C17H21BrO5. The van der Waals surface area contributed by atoms with Crippen LogP contribution in [0.3, 0.4) is 0 Å². The zero-order chi connectivity index (χ0) is 16.3. The summed E-state index contributed by atoms with van der Waals surface area (Å²) in [5, 5.41) is 0.565. The Labute approximate surface area is 144 Å². The molecule has 23 heavy (non-hydrogen) atoms. The van der Waals surface area contributed by atoms with Crippen LogP contribution < -0.4 is 0 Å². The van der Waals surface area contributed by atoms with Gasteiger partial charge in [0.25, 0.3) is 0 Å². The summed E-state index contributed by atoms with van der Waals surface area (Å²) in [5.41, 5.74) is 0.0192. The monoisotopic (exact) mass is 384 g/mol. The predicted octanol–water partition coefficient (Wildman–Crippen LogP) is 2.92. The molecule has 1 spiro atoms. The highest BCUT2D eigenvalue weighted by Crippen LogP contribution is 2.41. The van der Waals surface area contributed by atoms with Crippen LogP contribution in [0.5, 0.6) is 0 Å². The first-order chi connectivity index (χ1) is 11.2. The summed E-state index contributed by atoms with van der Waals surface area (Å²) in [7, 11) is 1.62. The van der Waals surface area contributed by atoms with Crippen LogP contribution in [0.25, 0.3) is 0 Å². The van der Waals surface area contributed by atoms with Crippen molar-refractivity contribution in [3.05, 3.63) is 35.9 Å². The minimum absolute atomic E-state index is 0.262. The van der Waals surface area contributed by atoms with Crippen molar-refractivity contribution in [3.63, 3.8) is 0 Å². The zero-order valence-corrected chi connectivity index (χ0v) is 14.7. The van der Waals surface area contributed by atoms with Gasteiger partial charge in [0.05, 0.1) is 5.56 Å². The fourth-order valence-corrected chi connectivity index (χ4v) is 3.88. The lowest BCUT2D eigenvalue weighted by Crippen LogP contribution is -2.57. The lowest BCUT2D eigenvalue weighted by molar-refractivity contribution is -0.292. The van der Waals surface area contributed by atoms with Gasteiger partial charge in [-0.2, -0.15) is 0 Å². The summed E-state index contributed by atoms with van der Waals surface area (Å²) in [6.45, 7) is 0.682. The van der Waals surface area contributed by atoms with Crippen LogP contribution in [0.2, 0.25) is 0 Å². The summed E-state index contributed by atoms with van der Waals surface area (Å²) >= 11 is 3.44. The van der Waals surface area contributed by atoms with Gasteiger partial charge in [-0.3, -0.25) is 0 Å². The Hall–Kier alpha value is -0.950. The molecule has 0 aromatic heterocycles. The van der Waals surface area contributed by atoms with Crippen molar-refractivity contribution < 1.29 is 23.7 Å². The van der Waals surface area contributed by atoms with Crippen molar-refractivity contribution in [1.29, 1.82) is 0 Å². The maximum absolute atomic E-state index is 12.4. The number of carbonyl (C=O) groups is 1. The maximum Gasteiger partial charge on any atom is 0.338 e. The fraction of sp³-hybridized carbons (Fsp3) is 0.588. The number of halogens is 1. The van der Waals surface area contributed by atoms with Crippen molar-refractivity contribution in [1.82, 2.24) is 0 Å². The van der Waals surface area contributed by atoms with E-state index in [0.717, 1.165) is 12.8 Å². The molecule has 0 aliphatic carbocycles. The van der Waals surface area contributed by atoms with Crippen LogP contribution in [0.1, 0.15) is 29.6 Å². The van der Waals surface area contributed by atoms with Gasteiger partial charge < -0.3 is 18.9 Å². The van der Waals surface area contributed by atoms with Crippen molar-refractivity contribution in [2.24, 2.45) is 0 Å². The molecule has 0 bridgehead atoms. The zero-order valence-electron chi connectivity index (χ0n) is 13.1. The molecule has 3 rings (SSSR count).